The van der Waals surface area contributed by atoms with Gasteiger partial charge in [0.05, 0.1) is 0 Å². The molecule has 0 radical (unpaired) electrons. The van der Waals surface area contributed by atoms with Gasteiger partial charge in [-0.1, -0.05) is 42.5 Å². The summed E-state index contributed by atoms with van der Waals surface area (Å²) in [6.45, 7) is 5.92. The zero-order valence-corrected chi connectivity index (χ0v) is 9.37. The first-order valence-corrected chi connectivity index (χ1v) is 5.39. The molecular formula is C13H20N2. The zero-order valence-electron chi connectivity index (χ0n) is 9.37. The van der Waals surface area contributed by atoms with Gasteiger partial charge in [0.15, 0.2) is 0 Å². The van der Waals surface area contributed by atoms with Crippen LogP contribution in [-0.2, 0) is 6.42 Å². The van der Waals surface area contributed by atoms with Gasteiger partial charge in [0.2, 0.25) is 0 Å². The summed E-state index contributed by atoms with van der Waals surface area (Å²) in [6.07, 6.45) is 3.28. The van der Waals surface area contributed by atoms with Crippen molar-refractivity contribution in [2.45, 2.75) is 32.2 Å². The van der Waals surface area contributed by atoms with E-state index in [2.05, 4.69) is 36.3 Å². The lowest BCUT2D eigenvalue weighted by molar-refractivity contribution is 0.534. The first-order valence-electron chi connectivity index (χ1n) is 5.39. The Kier molecular flexibility index (Phi) is 5.08. The lowest BCUT2D eigenvalue weighted by atomic mass is 10.0. The van der Waals surface area contributed by atoms with Gasteiger partial charge in [-0.25, -0.2) is 0 Å². The van der Waals surface area contributed by atoms with E-state index in [0.717, 1.165) is 24.8 Å². The molecule has 1 atom stereocenters. The number of rotatable bonds is 6. The summed E-state index contributed by atoms with van der Waals surface area (Å²) >= 11 is 0. The Hall–Kier alpha value is -1.12. The van der Waals surface area contributed by atoms with Gasteiger partial charge in [-0.05, 0) is 31.7 Å². The molecular weight excluding hydrogens is 184 g/mol. The van der Waals surface area contributed by atoms with Crippen LogP contribution in [0.3, 0.4) is 0 Å². The fourth-order valence-corrected chi connectivity index (χ4v) is 1.63. The van der Waals surface area contributed by atoms with Crippen LogP contribution in [0.1, 0.15) is 25.3 Å². The first-order chi connectivity index (χ1) is 7.24. The van der Waals surface area contributed by atoms with Crippen LogP contribution in [0.2, 0.25) is 0 Å². The molecule has 1 aromatic rings. The van der Waals surface area contributed by atoms with Crippen molar-refractivity contribution >= 4 is 0 Å². The maximum Gasteiger partial charge on any atom is 0.0414 e. The van der Waals surface area contributed by atoms with E-state index in [1.807, 2.05) is 13.0 Å². The smallest absolute Gasteiger partial charge is 0.0414 e. The fourth-order valence-electron chi connectivity index (χ4n) is 1.63. The maximum absolute atomic E-state index is 5.44. The molecule has 1 rings (SSSR count). The number of nitrogens with one attached hydrogen (secondary N) is 1. The van der Waals surface area contributed by atoms with Crippen molar-refractivity contribution in [3.05, 3.63) is 48.0 Å². The van der Waals surface area contributed by atoms with Gasteiger partial charge in [0.1, 0.15) is 0 Å². The van der Waals surface area contributed by atoms with Crippen LogP contribution in [0.5, 0.6) is 0 Å². The molecule has 1 aromatic carbocycles. The second kappa shape index (κ2) is 6.38. The van der Waals surface area contributed by atoms with E-state index in [1.165, 1.54) is 5.56 Å². The van der Waals surface area contributed by atoms with Gasteiger partial charge in [0, 0.05) is 6.04 Å². The van der Waals surface area contributed by atoms with E-state index in [0.29, 0.717) is 0 Å². The molecule has 0 spiro atoms. The number of aryl methyl sites for hydroxylation is 1. The third-order valence-corrected chi connectivity index (χ3v) is 2.60. The Morgan fingerprint density at radius 3 is 2.60 bits per heavy atom. The molecule has 0 fully saturated rings. The van der Waals surface area contributed by atoms with Crippen molar-refractivity contribution in [1.82, 2.24) is 5.43 Å². The highest BCUT2D eigenvalue weighted by molar-refractivity contribution is 5.14. The molecule has 1 unspecified atom stereocenters. The number of hydrogen-bond donors (Lipinski definition) is 2. The Labute approximate surface area is 92.2 Å². The van der Waals surface area contributed by atoms with Gasteiger partial charge in [-0.2, -0.15) is 0 Å². The van der Waals surface area contributed by atoms with Crippen LogP contribution in [0, 0.1) is 0 Å². The fraction of sp³-hybridized carbons (Fsp3) is 0.385. The van der Waals surface area contributed by atoms with E-state index < -0.39 is 0 Å². The van der Waals surface area contributed by atoms with Gasteiger partial charge in [0.25, 0.3) is 0 Å². The van der Waals surface area contributed by atoms with Crippen LogP contribution < -0.4 is 11.3 Å². The van der Waals surface area contributed by atoms with Crippen molar-refractivity contribution in [1.29, 1.82) is 0 Å². The molecule has 0 aliphatic heterocycles. The minimum atomic E-state index is 0.244. The van der Waals surface area contributed by atoms with Crippen LogP contribution in [-0.4, -0.2) is 6.04 Å². The SMILES string of the molecule is C=C(C)C(CCCc1ccccc1)NN. The molecule has 0 amide bonds. The monoisotopic (exact) mass is 204 g/mol. The molecule has 0 heterocycles. The second-order valence-corrected chi connectivity index (χ2v) is 3.94. The van der Waals surface area contributed by atoms with E-state index in [9.17, 15) is 0 Å². The highest BCUT2D eigenvalue weighted by atomic mass is 15.2. The standard InChI is InChI=1S/C13H20N2/c1-11(2)13(15-14)10-6-9-12-7-4-3-5-8-12/h3-5,7-8,13,15H,1,6,9-10,14H2,2H3. The highest BCUT2D eigenvalue weighted by Gasteiger charge is 2.05. The quantitative estimate of drug-likeness (QED) is 0.424. The topological polar surface area (TPSA) is 38.0 Å². The molecule has 0 saturated carbocycles. The first kappa shape index (κ1) is 12.0. The van der Waals surface area contributed by atoms with Gasteiger partial charge < -0.3 is 0 Å². The van der Waals surface area contributed by atoms with E-state index in [1.54, 1.807) is 0 Å². The molecule has 0 saturated heterocycles. The lowest BCUT2D eigenvalue weighted by Crippen LogP contribution is -2.35. The second-order valence-electron chi connectivity index (χ2n) is 3.94. The summed E-state index contributed by atoms with van der Waals surface area (Å²) in [5.74, 6) is 5.44. The summed E-state index contributed by atoms with van der Waals surface area (Å²) in [5, 5.41) is 0. The van der Waals surface area contributed by atoms with Gasteiger partial charge in [-0.3, -0.25) is 11.3 Å². The molecule has 2 nitrogen and oxygen atoms in total. The van der Waals surface area contributed by atoms with Crippen molar-refractivity contribution < 1.29 is 0 Å². The summed E-state index contributed by atoms with van der Waals surface area (Å²) in [7, 11) is 0. The predicted octanol–water partition coefficient (Wildman–Crippen LogP) is 2.42. The van der Waals surface area contributed by atoms with E-state index in [4.69, 9.17) is 5.84 Å². The third-order valence-electron chi connectivity index (χ3n) is 2.60. The summed E-state index contributed by atoms with van der Waals surface area (Å²) in [5.41, 5.74) is 5.27. The molecule has 2 heteroatoms. The molecule has 0 aliphatic rings. The van der Waals surface area contributed by atoms with Crippen molar-refractivity contribution in [3.63, 3.8) is 0 Å². The van der Waals surface area contributed by atoms with Gasteiger partial charge >= 0.3 is 0 Å². The minimum Gasteiger partial charge on any atom is -0.271 e. The van der Waals surface area contributed by atoms with Crippen LogP contribution in [0.25, 0.3) is 0 Å². The number of nitrogens with two attached hydrogens (primary N) is 1. The Morgan fingerprint density at radius 1 is 1.40 bits per heavy atom. The molecule has 0 aliphatic carbocycles. The van der Waals surface area contributed by atoms with Crippen LogP contribution in [0.4, 0.5) is 0 Å². The molecule has 82 valence electrons. The summed E-state index contributed by atoms with van der Waals surface area (Å²) in [6, 6.07) is 10.8. The lowest BCUT2D eigenvalue weighted by Gasteiger charge is -2.15. The van der Waals surface area contributed by atoms with Gasteiger partial charge in [-0.15, -0.1) is 0 Å². The van der Waals surface area contributed by atoms with E-state index in [-0.39, 0.29) is 6.04 Å². The normalized spacial score (nSPS) is 12.4. The average Bonchev–Trinajstić information content (AvgIpc) is 2.25. The predicted molar refractivity (Wildman–Crippen MR) is 65.3 cm³/mol. The molecule has 0 bridgehead atoms. The van der Waals surface area contributed by atoms with E-state index >= 15 is 0 Å². The minimum absolute atomic E-state index is 0.244. The largest absolute Gasteiger partial charge is 0.271 e. The zero-order chi connectivity index (χ0) is 11.1. The summed E-state index contributed by atoms with van der Waals surface area (Å²) in [4.78, 5) is 0. The summed E-state index contributed by atoms with van der Waals surface area (Å²) < 4.78 is 0. The third kappa shape index (κ3) is 4.28. The molecule has 0 aromatic heterocycles. The van der Waals surface area contributed by atoms with Crippen molar-refractivity contribution in [3.8, 4) is 0 Å². The maximum atomic E-state index is 5.44. The Bertz CT molecular complexity index is 293. The highest BCUT2D eigenvalue weighted by Crippen LogP contribution is 2.09. The van der Waals surface area contributed by atoms with Crippen LogP contribution >= 0.6 is 0 Å². The Morgan fingerprint density at radius 2 is 2.07 bits per heavy atom. The number of hydrazine groups is 1. The number of hydrogen-bond acceptors (Lipinski definition) is 2. The Balaban J connectivity index is 2.30. The molecule has 15 heavy (non-hydrogen) atoms. The van der Waals surface area contributed by atoms with Crippen molar-refractivity contribution in [2.75, 3.05) is 0 Å². The molecule has 3 N–H and O–H groups in total. The average molecular weight is 204 g/mol. The van der Waals surface area contributed by atoms with Crippen molar-refractivity contribution in [2.24, 2.45) is 5.84 Å². The number of benzene rings is 1. The van der Waals surface area contributed by atoms with Crippen LogP contribution in [0.15, 0.2) is 42.5 Å².